The molecule has 72 valence electrons. The van der Waals surface area contributed by atoms with Gasteiger partial charge in [-0.05, 0) is 6.07 Å². The predicted octanol–water partition coefficient (Wildman–Crippen LogP) is -0.178. The second-order valence-electron chi connectivity index (χ2n) is 2.70. The van der Waals surface area contributed by atoms with Gasteiger partial charge in [-0.3, -0.25) is 9.89 Å². The van der Waals surface area contributed by atoms with Gasteiger partial charge in [0.05, 0.1) is 12.6 Å². The van der Waals surface area contributed by atoms with E-state index in [1.165, 1.54) is 6.20 Å². The number of carboxylic acid groups (broad SMARTS) is 1. The van der Waals surface area contributed by atoms with Crippen molar-refractivity contribution in [1.82, 2.24) is 25.6 Å². The molecule has 0 radical (unpaired) electrons. The molecule has 0 saturated heterocycles. The summed E-state index contributed by atoms with van der Waals surface area (Å²) in [6.45, 7) is 0. The number of nitrogens with zero attached hydrogens (tertiary/aromatic N) is 3. The average molecular weight is 193 g/mol. The highest BCUT2D eigenvalue weighted by atomic mass is 16.4. The fraction of sp³-hybridized carbons (Fsp3) is 0.143. The monoisotopic (exact) mass is 193 g/mol. The van der Waals surface area contributed by atoms with Gasteiger partial charge in [-0.25, -0.2) is 0 Å². The summed E-state index contributed by atoms with van der Waals surface area (Å²) in [4.78, 5) is 10.4. The molecule has 0 saturated carbocycles. The SMILES string of the molecule is O=C(O)Cc1cc(-c2cn[nH]n2)n[nH]1. The first-order valence-corrected chi connectivity index (χ1v) is 3.88. The van der Waals surface area contributed by atoms with Gasteiger partial charge >= 0.3 is 5.97 Å². The molecule has 2 heterocycles. The molecule has 2 rings (SSSR count). The summed E-state index contributed by atoms with van der Waals surface area (Å²) in [6.07, 6.45) is 1.44. The third-order valence-electron chi connectivity index (χ3n) is 1.65. The van der Waals surface area contributed by atoms with Crippen molar-refractivity contribution in [3.8, 4) is 11.4 Å². The molecule has 0 fully saturated rings. The Morgan fingerprint density at radius 2 is 2.29 bits per heavy atom. The van der Waals surface area contributed by atoms with E-state index in [1.807, 2.05) is 0 Å². The van der Waals surface area contributed by atoms with E-state index in [1.54, 1.807) is 6.07 Å². The molecule has 7 heteroatoms. The van der Waals surface area contributed by atoms with Gasteiger partial charge in [-0.1, -0.05) is 0 Å². The van der Waals surface area contributed by atoms with Gasteiger partial charge in [0.25, 0.3) is 0 Å². The van der Waals surface area contributed by atoms with Gasteiger partial charge in [-0.15, -0.1) is 0 Å². The summed E-state index contributed by atoms with van der Waals surface area (Å²) in [7, 11) is 0. The Bertz CT molecular complexity index is 433. The topological polar surface area (TPSA) is 108 Å². The van der Waals surface area contributed by atoms with E-state index in [2.05, 4.69) is 25.6 Å². The second kappa shape index (κ2) is 3.29. The zero-order chi connectivity index (χ0) is 9.97. The molecular formula is C7H7N5O2. The summed E-state index contributed by atoms with van der Waals surface area (Å²) in [6, 6.07) is 1.63. The lowest BCUT2D eigenvalue weighted by atomic mass is 10.2. The Hall–Kier alpha value is -2.18. The molecule has 0 aliphatic rings. The lowest BCUT2D eigenvalue weighted by Gasteiger charge is -1.86. The number of H-pyrrole nitrogens is 2. The zero-order valence-electron chi connectivity index (χ0n) is 7.06. The fourth-order valence-electron chi connectivity index (χ4n) is 1.07. The van der Waals surface area contributed by atoms with E-state index in [4.69, 9.17) is 5.11 Å². The number of rotatable bonds is 3. The Morgan fingerprint density at radius 3 is 2.93 bits per heavy atom. The van der Waals surface area contributed by atoms with Crippen LogP contribution in [0.5, 0.6) is 0 Å². The second-order valence-corrected chi connectivity index (χ2v) is 2.70. The van der Waals surface area contributed by atoms with E-state index in [0.29, 0.717) is 17.1 Å². The van der Waals surface area contributed by atoms with Crippen molar-refractivity contribution in [2.75, 3.05) is 0 Å². The van der Waals surface area contributed by atoms with E-state index in [-0.39, 0.29) is 6.42 Å². The lowest BCUT2D eigenvalue weighted by Crippen LogP contribution is -1.99. The van der Waals surface area contributed by atoms with E-state index in [0.717, 1.165) is 0 Å². The first kappa shape index (κ1) is 8.42. The van der Waals surface area contributed by atoms with Crippen molar-refractivity contribution >= 4 is 5.97 Å². The zero-order valence-corrected chi connectivity index (χ0v) is 7.06. The van der Waals surface area contributed by atoms with E-state index in [9.17, 15) is 4.79 Å². The van der Waals surface area contributed by atoms with Crippen molar-refractivity contribution in [1.29, 1.82) is 0 Å². The lowest BCUT2D eigenvalue weighted by molar-refractivity contribution is -0.136. The van der Waals surface area contributed by atoms with Crippen LogP contribution in [-0.2, 0) is 11.2 Å². The van der Waals surface area contributed by atoms with Gasteiger partial charge in [0.2, 0.25) is 0 Å². The van der Waals surface area contributed by atoms with Crippen molar-refractivity contribution in [3.63, 3.8) is 0 Å². The van der Waals surface area contributed by atoms with Crippen molar-refractivity contribution < 1.29 is 9.90 Å². The Morgan fingerprint density at radius 1 is 1.43 bits per heavy atom. The molecule has 2 aromatic rings. The van der Waals surface area contributed by atoms with Gasteiger partial charge in [0, 0.05) is 5.69 Å². The number of carboxylic acids is 1. The maximum absolute atomic E-state index is 10.4. The Labute approximate surface area is 78.2 Å². The molecule has 0 unspecified atom stereocenters. The molecule has 0 atom stereocenters. The standard InChI is InChI=1S/C7H7N5O2/c13-7(14)2-4-1-5(10-9-4)6-3-8-12-11-6/h1,3H,2H2,(H,9,10)(H,13,14)(H,8,11,12). The molecule has 7 nitrogen and oxygen atoms in total. The number of aliphatic carboxylic acids is 1. The van der Waals surface area contributed by atoms with E-state index < -0.39 is 5.97 Å². The smallest absolute Gasteiger partial charge is 0.309 e. The van der Waals surface area contributed by atoms with Crippen LogP contribution in [0.2, 0.25) is 0 Å². The number of carbonyl (C=O) groups is 1. The van der Waals surface area contributed by atoms with Crippen molar-refractivity contribution in [2.45, 2.75) is 6.42 Å². The maximum atomic E-state index is 10.4. The summed E-state index contributed by atoms with van der Waals surface area (Å²) in [5.41, 5.74) is 1.70. The maximum Gasteiger partial charge on any atom is 0.309 e. The summed E-state index contributed by atoms with van der Waals surface area (Å²) >= 11 is 0. The van der Waals surface area contributed by atoms with Crippen LogP contribution in [0.1, 0.15) is 5.69 Å². The molecule has 0 aliphatic carbocycles. The minimum Gasteiger partial charge on any atom is -0.481 e. The highest BCUT2D eigenvalue weighted by Crippen LogP contribution is 2.12. The van der Waals surface area contributed by atoms with Crippen LogP contribution >= 0.6 is 0 Å². The minimum absolute atomic E-state index is 0.0785. The van der Waals surface area contributed by atoms with Crippen LogP contribution in [-0.4, -0.2) is 36.7 Å². The summed E-state index contributed by atoms with van der Waals surface area (Å²) in [5.74, 6) is -0.902. The van der Waals surface area contributed by atoms with Crippen LogP contribution in [0.3, 0.4) is 0 Å². The molecular weight excluding hydrogens is 186 g/mol. The summed E-state index contributed by atoms with van der Waals surface area (Å²) in [5, 5.41) is 24.9. The number of aromatic nitrogens is 5. The number of hydrogen-bond donors (Lipinski definition) is 3. The Kier molecular flexibility index (Phi) is 1.98. The first-order valence-electron chi connectivity index (χ1n) is 3.88. The molecule has 0 aromatic carbocycles. The highest BCUT2D eigenvalue weighted by Gasteiger charge is 2.08. The van der Waals surface area contributed by atoms with Crippen LogP contribution in [0.15, 0.2) is 12.3 Å². The van der Waals surface area contributed by atoms with E-state index >= 15 is 0 Å². The first-order chi connectivity index (χ1) is 6.75. The molecule has 0 bridgehead atoms. The summed E-state index contributed by atoms with van der Waals surface area (Å²) < 4.78 is 0. The molecule has 0 spiro atoms. The van der Waals surface area contributed by atoms with Crippen molar-refractivity contribution in [3.05, 3.63) is 18.0 Å². The predicted molar refractivity (Wildman–Crippen MR) is 45.3 cm³/mol. The fourth-order valence-corrected chi connectivity index (χ4v) is 1.07. The van der Waals surface area contributed by atoms with Crippen LogP contribution in [0.25, 0.3) is 11.4 Å². The van der Waals surface area contributed by atoms with Crippen LogP contribution < -0.4 is 0 Å². The molecule has 0 amide bonds. The van der Waals surface area contributed by atoms with Gasteiger partial charge in [-0.2, -0.15) is 20.5 Å². The van der Waals surface area contributed by atoms with Crippen LogP contribution in [0.4, 0.5) is 0 Å². The quantitative estimate of drug-likeness (QED) is 0.626. The van der Waals surface area contributed by atoms with Crippen LogP contribution in [0, 0.1) is 0 Å². The molecule has 2 aromatic heterocycles. The minimum atomic E-state index is -0.902. The Balaban J connectivity index is 2.22. The third kappa shape index (κ3) is 1.60. The van der Waals surface area contributed by atoms with Gasteiger partial charge < -0.3 is 5.11 Å². The third-order valence-corrected chi connectivity index (χ3v) is 1.65. The number of hydrogen-bond acceptors (Lipinski definition) is 4. The normalized spacial score (nSPS) is 10.3. The average Bonchev–Trinajstić information content (AvgIpc) is 2.69. The number of aromatic amines is 2. The van der Waals surface area contributed by atoms with Gasteiger partial charge in [0.15, 0.2) is 0 Å². The molecule has 14 heavy (non-hydrogen) atoms. The van der Waals surface area contributed by atoms with Crippen molar-refractivity contribution in [2.24, 2.45) is 0 Å². The highest BCUT2D eigenvalue weighted by molar-refractivity contribution is 5.70. The molecule has 3 N–H and O–H groups in total. The van der Waals surface area contributed by atoms with Gasteiger partial charge in [0.1, 0.15) is 11.4 Å². The largest absolute Gasteiger partial charge is 0.481 e. The number of nitrogens with one attached hydrogen (secondary N) is 2. The molecule has 0 aliphatic heterocycles.